The quantitative estimate of drug-likeness (QED) is 0.873. The van der Waals surface area contributed by atoms with Gasteiger partial charge >= 0.3 is 0 Å². The van der Waals surface area contributed by atoms with E-state index >= 15 is 0 Å². The predicted octanol–water partition coefficient (Wildman–Crippen LogP) is 3.50. The van der Waals surface area contributed by atoms with Crippen molar-refractivity contribution in [2.24, 2.45) is 0 Å². The van der Waals surface area contributed by atoms with Gasteiger partial charge in [0.2, 0.25) is 5.95 Å². The van der Waals surface area contributed by atoms with Gasteiger partial charge in [-0.1, -0.05) is 0 Å². The number of rotatable bonds is 1. The van der Waals surface area contributed by atoms with Crippen molar-refractivity contribution in [2.75, 3.05) is 11.9 Å². The van der Waals surface area contributed by atoms with Gasteiger partial charge in [0.15, 0.2) is 0 Å². The first-order valence-corrected chi connectivity index (χ1v) is 6.99. The molecule has 2 aromatic heterocycles. The van der Waals surface area contributed by atoms with Crippen molar-refractivity contribution in [2.45, 2.75) is 19.9 Å². The minimum absolute atomic E-state index is 0.987. The Labute approximate surface area is 107 Å². The van der Waals surface area contributed by atoms with Gasteiger partial charge in [-0.3, -0.25) is 0 Å². The van der Waals surface area contributed by atoms with Crippen LogP contribution in [0.5, 0.6) is 0 Å². The molecule has 0 aliphatic carbocycles. The van der Waals surface area contributed by atoms with Crippen molar-refractivity contribution in [1.82, 2.24) is 9.55 Å². The van der Waals surface area contributed by atoms with Crippen LogP contribution in [0, 0.1) is 6.92 Å². The van der Waals surface area contributed by atoms with Crippen LogP contribution in [0.1, 0.15) is 12.0 Å². The number of nitrogens with zero attached hydrogens (tertiary/aromatic N) is 2. The highest BCUT2D eigenvalue weighted by Crippen LogP contribution is 2.36. The molecule has 1 aliphatic rings. The van der Waals surface area contributed by atoms with Crippen LogP contribution in [0.4, 0.5) is 5.95 Å². The molecule has 1 aliphatic heterocycles. The molecule has 0 spiro atoms. The van der Waals surface area contributed by atoms with Crippen molar-refractivity contribution in [3.63, 3.8) is 0 Å². The molecule has 84 valence electrons. The van der Waals surface area contributed by atoms with Crippen LogP contribution in [-0.4, -0.2) is 16.1 Å². The van der Waals surface area contributed by atoms with Gasteiger partial charge < -0.3 is 9.88 Å². The van der Waals surface area contributed by atoms with Crippen LogP contribution in [0.25, 0.3) is 10.6 Å². The van der Waals surface area contributed by atoms with Crippen LogP contribution in [0.2, 0.25) is 0 Å². The van der Waals surface area contributed by atoms with E-state index in [2.05, 4.69) is 49.2 Å². The summed E-state index contributed by atoms with van der Waals surface area (Å²) in [5.41, 5.74) is 2.36. The van der Waals surface area contributed by atoms with E-state index in [0.29, 0.717) is 0 Å². The van der Waals surface area contributed by atoms with Gasteiger partial charge in [0.25, 0.3) is 0 Å². The van der Waals surface area contributed by atoms with Crippen LogP contribution in [0.15, 0.2) is 16.0 Å². The highest BCUT2D eigenvalue weighted by molar-refractivity contribution is 9.10. The van der Waals surface area contributed by atoms with Crippen LogP contribution >= 0.6 is 27.3 Å². The maximum absolute atomic E-state index is 4.67. The molecule has 16 heavy (non-hydrogen) atoms. The highest BCUT2D eigenvalue weighted by Gasteiger charge is 2.20. The number of aryl methyl sites for hydroxylation is 1. The Kier molecular flexibility index (Phi) is 2.52. The maximum atomic E-state index is 4.67. The van der Waals surface area contributed by atoms with Crippen molar-refractivity contribution in [3.8, 4) is 10.6 Å². The molecule has 0 saturated carbocycles. The second-order valence-electron chi connectivity index (χ2n) is 3.94. The van der Waals surface area contributed by atoms with Crippen molar-refractivity contribution < 1.29 is 0 Å². The number of halogens is 1. The standard InChI is InChI=1S/C11H12BrN3S/c1-7-3-6-16-9(7)8-10(12)15-5-2-4-13-11(15)14-8/h3,6H,2,4-5H2,1H3,(H,13,14). The SMILES string of the molecule is Cc1ccsc1-c1nc2n(c1Br)CCCN2. The van der Waals surface area contributed by atoms with E-state index in [1.54, 1.807) is 11.3 Å². The molecule has 0 saturated heterocycles. The Morgan fingerprint density at radius 1 is 1.56 bits per heavy atom. The molecule has 0 amide bonds. The number of hydrogen-bond acceptors (Lipinski definition) is 3. The summed E-state index contributed by atoms with van der Waals surface area (Å²) in [6.45, 7) is 4.19. The van der Waals surface area contributed by atoms with Gasteiger partial charge in [0.1, 0.15) is 10.3 Å². The zero-order valence-electron chi connectivity index (χ0n) is 8.96. The minimum atomic E-state index is 0.987. The van der Waals surface area contributed by atoms with E-state index < -0.39 is 0 Å². The summed E-state index contributed by atoms with van der Waals surface area (Å²) < 4.78 is 3.30. The van der Waals surface area contributed by atoms with Gasteiger partial charge in [-0.05, 0) is 46.3 Å². The van der Waals surface area contributed by atoms with Gasteiger partial charge in [-0.2, -0.15) is 0 Å². The zero-order chi connectivity index (χ0) is 11.1. The minimum Gasteiger partial charge on any atom is -0.356 e. The Morgan fingerprint density at radius 3 is 3.12 bits per heavy atom. The summed E-state index contributed by atoms with van der Waals surface area (Å²) in [6.07, 6.45) is 1.16. The van der Waals surface area contributed by atoms with Crippen molar-refractivity contribution in [3.05, 3.63) is 21.6 Å². The maximum Gasteiger partial charge on any atom is 0.204 e. The smallest absolute Gasteiger partial charge is 0.204 e. The summed E-state index contributed by atoms with van der Waals surface area (Å²) in [5.74, 6) is 0.987. The molecule has 1 N–H and O–H groups in total. The number of aromatic nitrogens is 2. The van der Waals surface area contributed by atoms with Gasteiger partial charge in [-0.25, -0.2) is 4.98 Å². The summed E-state index contributed by atoms with van der Waals surface area (Å²) in [7, 11) is 0. The number of imidazole rings is 1. The fraction of sp³-hybridized carbons (Fsp3) is 0.364. The Morgan fingerprint density at radius 2 is 2.44 bits per heavy atom. The van der Waals surface area contributed by atoms with Crippen molar-refractivity contribution in [1.29, 1.82) is 0 Å². The molecule has 0 unspecified atom stereocenters. The molecule has 0 fully saturated rings. The summed E-state index contributed by atoms with van der Waals surface area (Å²) >= 11 is 5.41. The average Bonchev–Trinajstić information content (AvgIpc) is 2.84. The Hall–Kier alpha value is -0.810. The summed E-state index contributed by atoms with van der Waals surface area (Å²) in [6, 6.07) is 2.14. The van der Waals surface area contributed by atoms with E-state index in [0.717, 1.165) is 35.8 Å². The van der Waals surface area contributed by atoms with E-state index in [-0.39, 0.29) is 0 Å². The molecule has 0 aromatic carbocycles. The molecule has 3 heterocycles. The summed E-state index contributed by atoms with van der Waals surface area (Å²) in [4.78, 5) is 5.93. The van der Waals surface area contributed by atoms with Gasteiger partial charge in [0, 0.05) is 13.1 Å². The normalized spacial score (nSPS) is 14.6. The summed E-state index contributed by atoms with van der Waals surface area (Å²) in [5, 5.41) is 5.45. The highest BCUT2D eigenvalue weighted by atomic mass is 79.9. The third-order valence-corrected chi connectivity index (χ3v) is 4.65. The first-order valence-electron chi connectivity index (χ1n) is 5.32. The van der Waals surface area contributed by atoms with E-state index in [1.165, 1.54) is 10.4 Å². The lowest BCUT2D eigenvalue weighted by Crippen LogP contribution is -2.17. The Bertz CT molecular complexity index is 529. The molecule has 0 radical (unpaired) electrons. The lowest BCUT2D eigenvalue weighted by Gasteiger charge is -2.15. The zero-order valence-corrected chi connectivity index (χ0v) is 11.4. The third kappa shape index (κ3) is 1.50. The fourth-order valence-corrected chi connectivity index (χ4v) is 3.65. The molecular formula is C11H12BrN3S. The Balaban J connectivity index is 2.15. The largest absolute Gasteiger partial charge is 0.356 e. The first-order chi connectivity index (χ1) is 7.77. The van der Waals surface area contributed by atoms with Crippen LogP contribution in [-0.2, 0) is 6.54 Å². The number of nitrogens with one attached hydrogen (secondary N) is 1. The molecule has 3 rings (SSSR count). The number of thiophene rings is 1. The fourth-order valence-electron chi connectivity index (χ4n) is 1.97. The molecule has 0 atom stereocenters. The number of fused-ring (bicyclic) bond motifs is 1. The average molecular weight is 298 g/mol. The van der Waals surface area contributed by atoms with Crippen molar-refractivity contribution >= 4 is 33.2 Å². The first kappa shape index (κ1) is 10.4. The second kappa shape index (κ2) is 3.89. The van der Waals surface area contributed by atoms with E-state index in [4.69, 9.17) is 0 Å². The van der Waals surface area contributed by atoms with Gasteiger partial charge in [0.05, 0.1) is 4.88 Å². The lowest BCUT2D eigenvalue weighted by molar-refractivity contribution is 0.618. The topological polar surface area (TPSA) is 29.9 Å². The van der Waals surface area contributed by atoms with Crippen LogP contribution in [0.3, 0.4) is 0 Å². The van der Waals surface area contributed by atoms with Crippen LogP contribution < -0.4 is 5.32 Å². The second-order valence-corrected chi connectivity index (χ2v) is 5.61. The van der Waals surface area contributed by atoms with E-state index in [9.17, 15) is 0 Å². The molecular weight excluding hydrogens is 286 g/mol. The lowest BCUT2D eigenvalue weighted by atomic mass is 10.2. The number of hydrogen-bond donors (Lipinski definition) is 1. The molecule has 0 bridgehead atoms. The molecule has 3 nitrogen and oxygen atoms in total. The van der Waals surface area contributed by atoms with E-state index in [1.807, 2.05) is 0 Å². The predicted molar refractivity (Wildman–Crippen MR) is 71.1 cm³/mol. The third-order valence-electron chi connectivity index (χ3n) is 2.82. The molecule has 2 aromatic rings. The van der Waals surface area contributed by atoms with Gasteiger partial charge in [-0.15, -0.1) is 11.3 Å². The molecule has 5 heteroatoms. The monoisotopic (exact) mass is 297 g/mol. The number of anilines is 1.